The monoisotopic (exact) mass is 323 g/mol. The van der Waals surface area contributed by atoms with Crippen LogP contribution in [0.3, 0.4) is 0 Å². The molecule has 0 fully saturated rings. The number of nitrogens with one attached hydrogen (secondary N) is 1. The van der Waals surface area contributed by atoms with Crippen LogP contribution in [0.2, 0.25) is 0 Å². The molecule has 1 heterocycles. The van der Waals surface area contributed by atoms with Gasteiger partial charge in [0.15, 0.2) is 0 Å². The second-order valence-corrected chi connectivity index (χ2v) is 5.19. The van der Waals surface area contributed by atoms with Crippen molar-refractivity contribution in [3.8, 4) is 11.5 Å². The third kappa shape index (κ3) is 3.83. The molecule has 2 aromatic carbocycles. The number of aliphatic hydroxyl groups excluding tert-OH is 1. The van der Waals surface area contributed by atoms with E-state index in [1.807, 2.05) is 30.3 Å². The number of rotatable bonds is 6. The van der Waals surface area contributed by atoms with E-state index in [-0.39, 0.29) is 12.5 Å². The summed E-state index contributed by atoms with van der Waals surface area (Å²) in [4.78, 5) is 12.4. The second-order valence-electron chi connectivity index (χ2n) is 5.19. The van der Waals surface area contributed by atoms with E-state index in [9.17, 15) is 9.90 Å². The highest BCUT2D eigenvalue weighted by atomic mass is 16.5. The molecule has 0 bridgehead atoms. The third-order valence-electron chi connectivity index (χ3n) is 3.49. The highest BCUT2D eigenvalue weighted by molar-refractivity contribution is 5.97. The van der Waals surface area contributed by atoms with Crippen molar-refractivity contribution in [2.45, 2.75) is 6.10 Å². The van der Waals surface area contributed by atoms with Crippen LogP contribution in [0.25, 0.3) is 0 Å². The fourth-order valence-corrected chi connectivity index (χ4v) is 2.23. The lowest BCUT2D eigenvalue weighted by molar-refractivity contribution is 0.0913. The van der Waals surface area contributed by atoms with E-state index in [2.05, 4.69) is 5.32 Å². The molecule has 2 N–H and O–H groups in total. The van der Waals surface area contributed by atoms with E-state index in [1.165, 1.54) is 12.5 Å². The predicted octanol–water partition coefficient (Wildman–Crippen LogP) is 3.54. The molecule has 0 saturated carbocycles. The van der Waals surface area contributed by atoms with Gasteiger partial charge in [-0.3, -0.25) is 4.79 Å². The van der Waals surface area contributed by atoms with E-state index >= 15 is 0 Å². The van der Waals surface area contributed by atoms with Crippen molar-refractivity contribution in [1.82, 2.24) is 5.32 Å². The van der Waals surface area contributed by atoms with Crippen molar-refractivity contribution in [2.75, 3.05) is 6.54 Å². The summed E-state index contributed by atoms with van der Waals surface area (Å²) in [7, 11) is 0. The Bertz CT molecular complexity index is 784. The molecular formula is C19H17NO4. The maximum Gasteiger partial charge on any atom is 0.255 e. The maximum atomic E-state index is 12.4. The van der Waals surface area contributed by atoms with Crippen LogP contribution in [-0.4, -0.2) is 17.6 Å². The SMILES string of the molecule is O=C(NC[C@H](O)c1ccoc1)c1ccccc1Oc1ccccc1. The number of carbonyl (C=O) groups is 1. The summed E-state index contributed by atoms with van der Waals surface area (Å²) in [5.74, 6) is 0.791. The molecule has 1 atom stereocenters. The summed E-state index contributed by atoms with van der Waals surface area (Å²) >= 11 is 0. The van der Waals surface area contributed by atoms with Crippen LogP contribution in [0, 0.1) is 0 Å². The van der Waals surface area contributed by atoms with Gasteiger partial charge in [0.2, 0.25) is 0 Å². The Kier molecular flexibility index (Phi) is 4.93. The first kappa shape index (κ1) is 15.8. The number of carbonyl (C=O) groups excluding carboxylic acids is 1. The molecule has 5 heteroatoms. The molecule has 0 unspecified atom stereocenters. The van der Waals surface area contributed by atoms with E-state index in [4.69, 9.17) is 9.15 Å². The van der Waals surface area contributed by atoms with E-state index < -0.39 is 6.10 Å². The van der Waals surface area contributed by atoms with Crippen molar-refractivity contribution >= 4 is 5.91 Å². The van der Waals surface area contributed by atoms with Crippen molar-refractivity contribution in [3.05, 3.63) is 84.3 Å². The number of amides is 1. The lowest BCUT2D eigenvalue weighted by atomic mass is 10.1. The Morgan fingerprint density at radius 3 is 2.58 bits per heavy atom. The van der Waals surface area contributed by atoms with Crippen molar-refractivity contribution in [2.24, 2.45) is 0 Å². The predicted molar refractivity (Wildman–Crippen MR) is 89.0 cm³/mol. The van der Waals surface area contributed by atoms with Gasteiger partial charge in [0.05, 0.1) is 24.2 Å². The highest BCUT2D eigenvalue weighted by Gasteiger charge is 2.15. The molecule has 0 spiro atoms. The number of ether oxygens (including phenoxy) is 1. The smallest absolute Gasteiger partial charge is 0.255 e. The van der Waals surface area contributed by atoms with Gasteiger partial charge in [-0.15, -0.1) is 0 Å². The molecular weight excluding hydrogens is 306 g/mol. The summed E-state index contributed by atoms with van der Waals surface area (Å²) in [6.07, 6.45) is 2.10. The van der Waals surface area contributed by atoms with Crippen molar-refractivity contribution in [1.29, 1.82) is 0 Å². The summed E-state index contributed by atoms with van der Waals surface area (Å²) in [6.45, 7) is 0.0814. The molecule has 1 aromatic heterocycles. The van der Waals surface area contributed by atoms with Gasteiger partial charge < -0.3 is 19.6 Å². The Morgan fingerprint density at radius 2 is 1.83 bits per heavy atom. The minimum atomic E-state index is -0.824. The standard InChI is InChI=1S/C19H17NO4/c21-17(14-10-11-23-13-14)12-20-19(22)16-8-4-5-9-18(16)24-15-6-2-1-3-7-15/h1-11,13,17,21H,12H2,(H,20,22)/t17-/m0/s1. The fourth-order valence-electron chi connectivity index (χ4n) is 2.23. The first-order valence-corrected chi connectivity index (χ1v) is 7.54. The van der Waals surface area contributed by atoms with Crippen LogP contribution in [0.5, 0.6) is 11.5 Å². The van der Waals surface area contributed by atoms with E-state index in [1.54, 1.807) is 30.3 Å². The Hall–Kier alpha value is -3.05. The number of hydrogen-bond donors (Lipinski definition) is 2. The number of benzene rings is 2. The Morgan fingerprint density at radius 1 is 1.08 bits per heavy atom. The Labute approximate surface area is 139 Å². The van der Waals surface area contributed by atoms with Gasteiger partial charge in [0, 0.05) is 12.1 Å². The van der Waals surface area contributed by atoms with Gasteiger partial charge in [-0.05, 0) is 30.3 Å². The van der Waals surface area contributed by atoms with Crippen molar-refractivity contribution in [3.63, 3.8) is 0 Å². The number of para-hydroxylation sites is 2. The van der Waals surface area contributed by atoms with Crippen molar-refractivity contribution < 1.29 is 19.1 Å². The normalized spacial score (nSPS) is 11.7. The quantitative estimate of drug-likeness (QED) is 0.728. The van der Waals surface area contributed by atoms with Gasteiger partial charge in [-0.2, -0.15) is 0 Å². The molecule has 3 rings (SSSR count). The van der Waals surface area contributed by atoms with Crippen LogP contribution < -0.4 is 10.1 Å². The van der Waals surface area contributed by atoms with Crippen LogP contribution in [0.15, 0.2) is 77.6 Å². The molecule has 0 aliphatic heterocycles. The summed E-state index contributed by atoms with van der Waals surface area (Å²) < 4.78 is 10.7. The van der Waals surface area contributed by atoms with E-state index in [0.29, 0.717) is 22.6 Å². The third-order valence-corrected chi connectivity index (χ3v) is 3.49. The lowest BCUT2D eigenvalue weighted by Crippen LogP contribution is -2.28. The molecule has 0 saturated heterocycles. The van der Waals surface area contributed by atoms with Gasteiger partial charge in [0.25, 0.3) is 5.91 Å². The minimum absolute atomic E-state index is 0.0814. The zero-order chi connectivity index (χ0) is 16.8. The number of aliphatic hydroxyl groups is 1. The second kappa shape index (κ2) is 7.48. The molecule has 5 nitrogen and oxygen atoms in total. The molecule has 3 aromatic rings. The molecule has 1 amide bonds. The van der Waals surface area contributed by atoms with Gasteiger partial charge in [-0.1, -0.05) is 30.3 Å². The maximum absolute atomic E-state index is 12.4. The average Bonchev–Trinajstić information content (AvgIpc) is 3.15. The minimum Gasteiger partial charge on any atom is -0.472 e. The molecule has 0 aliphatic carbocycles. The largest absolute Gasteiger partial charge is 0.472 e. The first-order valence-electron chi connectivity index (χ1n) is 7.54. The first-order chi connectivity index (χ1) is 11.7. The fraction of sp³-hybridized carbons (Fsp3) is 0.105. The molecule has 0 aliphatic rings. The molecule has 122 valence electrons. The van der Waals surface area contributed by atoms with Crippen LogP contribution >= 0.6 is 0 Å². The van der Waals surface area contributed by atoms with Crippen LogP contribution in [0.4, 0.5) is 0 Å². The van der Waals surface area contributed by atoms with E-state index in [0.717, 1.165) is 0 Å². The number of furan rings is 1. The van der Waals surface area contributed by atoms with Gasteiger partial charge in [0.1, 0.15) is 11.5 Å². The van der Waals surface area contributed by atoms with Crippen LogP contribution in [-0.2, 0) is 0 Å². The van der Waals surface area contributed by atoms with Gasteiger partial charge in [-0.25, -0.2) is 0 Å². The summed E-state index contributed by atoms with van der Waals surface area (Å²) in [6, 6.07) is 17.9. The zero-order valence-corrected chi connectivity index (χ0v) is 12.9. The molecule has 24 heavy (non-hydrogen) atoms. The van der Waals surface area contributed by atoms with Gasteiger partial charge >= 0.3 is 0 Å². The zero-order valence-electron chi connectivity index (χ0n) is 12.9. The summed E-state index contributed by atoms with van der Waals surface area (Å²) in [5.41, 5.74) is 1.02. The molecule has 0 radical (unpaired) electrons. The van der Waals surface area contributed by atoms with Crippen LogP contribution in [0.1, 0.15) is 22.0 Å². The number of hydrogen-bond acceptors (Lipinski definition) is 4. The lowest BCUT2D eigenvalue weighted by Gasteiger charge is -2.13. The average molecular weight is 323 g/mol. The summed E-state index contributed by atoms with van der Waals surface area (Å²) in [5, 5.41) is 12.7. The topological polar surface area (TPSA) is 71.7 Å². The Balaban J connectivity index is 1.68. The highest BCUT2D eigenvalue weighted by Crippen LogP contribution is 2.25.